The summed E-state index contributed by atoms with van der Waals surface area (Å²) >= 11 is 0. The second kappa shape index (κ2) is 8.90. The van der Waals surface area contributed by atoms with Crippen LogP contribution in [0, 0.1) is 35.5 Å². The molecule has 1 unspecified atom stereocenters. The van der Waals surface area contributed by atoms with Gasteiger partial charge in [0.15, 0.2) is 22.2 Å². The van der Waals surface area contributed by atoms with Crippen LogP contribution in [-0.2, 0) is 13.6 Å². The quantitative estimate of drug-likeness (QED) is 0.215. The van der Waals surface area contributed by atoms with Gasteiger partial charge < -0.3 is 14.0 Å². The number of carbonyl (C=O) groups is 1. The molecule has 6 heteroatoms. The highest BCUT2D eigenvalue weighted by Gasteiger charge is 2.64. The number of fused-ring (bicyclic) bond motifs is 1. The molecule has 0 bridgehead atoms. The third-order valence-corrected chi connectivity index (χ3v) is 18.6. The molecular weight excluding hydrogens is 456 g/mol. The fraction of sp³-hybridized carbons (Fsp3) is 0.821. The molecule has 0 aliphatic heterocycles. The van der Waals surface area contributed by atoms with Crippen LogP contribution in [0.4, 0.5) is 0 Å². The first kappa shape index (κ1) is 27.7. The number of aliphatic carboxylic acids is 1. The average molecular weight is 505 g/mol. The molecule has 5 atom stereocenters. The molecule has 0 aromatic heterocycles. The Kier molecular flexibility index (Phi) is 7.25. The topological polar surface area (TPSA) is 55.8 Å². The van der Waals surface area contributed by atoms with E-state index in [1.165, 1.54) is 5.57 Å². The van der Waals surface area contributed by atoms with E-state index in [0.717, 1.165) is 12.8 Å². The number of hydrogen-bond acceptors (Lipinski definition) is 3. The summed E-state index contributed by atoms with van der Waals surface area (Å²) in [6.45, 7) is 25.5. The molecule has 0 spiro atoms. The van der Waals surface area contributed by atoms with Gasteiger partial charge in [0.05, 0.1) is 6.10 Å². The van der Waals surface area contributed by atoms with Crippen LogP contribution in [0.5, 0.6) is 0 Å². The minimum absolute atomic E-state index is 0.114. The molecule has 1 N–H and O–H groups in total. The van der Waals surface area contributed by atoms with Crippen molar-refractivity contribution in [2.75, 3.05) is 0 Å². The van der Waals surface area contributed by atoms with Gasteiger partial charge in [0, 0.05) is 12.3 Å². The summed E-state index contributed by atoms with van der Waals surface area (Å²) in [5.74, 6) is 7.84. The first-order chi connectivity index (χ1) is 15.3. The molecule has 0 aromatic carbocycles. The average Bonchev–Trinajstić information content (AvgIpc) is 3.42. The van der Waals surface area contributed by atoms with Gasteiger partial charge in [0.2, 0.25) is 0 Å². The first-order valence-corrected chi connectivity index (χ1v) is 19.0. The van der Waals surface area contributed by atoms with E-state index in [4.69, 9.17) is 14.0 Å². The number of carboxylic acids is 1. The lowest BCUT2D eigenvalue weighted by molar-refractivity contribution is -0.136. The van der Waals surface area contributed by atoms with Crippen molar-refractivity contribution in [3.63, 3.8) is 0 Å². The van der Waals surface area contributed by atoms with Crippen LogP contribution in [0.2, 0.25) is 36.3 Å². The molecule has 2 fully saturated rings. The highest BCUT2D eigenvalue weighted by molar-refractivity contribution is 6.74. The van der Waals surface area contributed by atoms with Crippen LogP contribution < -0.4 is 0 Å². The van der Waals surface area contributed by atoms with E-state index in [0.29, 0.717) is 24.2 Å². The highest BCUT2D eigenvalue weighted by Crippen LogP contribution is 2.61. The van der Waals surface area contributed by atoms with Gasteiger partial charge in [-0.3, -0.25) is 4.79 Å². The summed E-state index contributed by atoms with van der Waals surface area (Å²) < 4.78 is 14.2. The molecule has 0 heterocycles. The zero-order chi connectivity index (χ0) is 25.9. The maximum Gasteiger partial charge on any atom is 0.303 e. The van der Waals surface area contributed by atoms with Crippen LogP contribution in [0.25, 0.3) is 0 Å². The van der Waals surface area contributed by atoms with Crippen LogP contribution in [-0.4, -0.2) is 39.4 Å². The van der Waals surface area contributed by atoms with Crippen molar-refractivity contribution >= 4 is 22.6 Å². The van der Waals surface area contributed by atoms with Crippen molar-refractivity contribution in [1.29, 1.82) is 0 Å². The number of allylic oxidation sites excluding steroid dienone is 2. The lowest BCUT2D eigenvalue weighted by Gasteiger charge is -2.59. The maximum absolute atomic E-state index is 11.0. The van der Waals surface area contributed by atoms with Crippen molar-refractivity contribution in [3.05, 3.63) is 11.6 Å². The Morgan fingerprint density at radius 1 is 1.06 bits per heavy atom. The van der Waals surface area contributed by atoms with Crippen molar-refractivity contribution in [2.45, 2.75) is 122 Å². The van der Waals surface area contributed by atoms with Gasteiger partial charge in [0.25, 0.3) is 0 Å². The van der Waals surface area contributed by atoms with Gasteiger partial charge >= 0.3 is 5.97 Å². The Labute approximate surface area is 210 Å². The SMILES string of the molecule is CC1/C(=C/CCC(=O)O)[C@H]2CC[C@@H](O[Si](C)(C)C(C)(C)C)[C@@H](C3(O[Si](C)(C)C(C)(C)C)C#C3)[C@@H]12. The van der Waals surface area contributed by atoms with Crippen LogP contribution in [0.3, 0.4) is 0 Å². The molecule has 0 saturated heterocycles. The van der Waals surface area contributed by atoms with E-state index < -0.39 is 28.2 Å². The van der Waals surface area contributed by atoms with Crippen LogP contribution in [0.15, 0.2) is 11.6 Å². The molecular formula is C28H48O4Si2. The van der Waals surface area contributed by atoms with E-state index in [9.17, 15) is 4.79 Å². The first-order valence-electron chi connectivity index (χ1n) is 13.2. The molecule has 0 radical (unpaired) electrons. The second-order valence-electron chi connectivity index (χ2n) is 14.0. The van der Waals surface area contributed by atoms with Crippen LogP contribution >= 0.6 is 0 Å². The van der Waals surface area contributed by atoms with E-state index >= 15 is 0 Å². The molecule has 3 aliphatic carbocycles. The number of rotatable bonds is 8. The Morgan fingerprint density at radius 3 is 2.09 bits per heavy atom. The molecule has 3 aliphatic rings. The van der Waals surface area contributed by atoms with Gasteiger partial charge in [-0.15, -0.1) is 0 Å². The lowest BCUT2D eigenvalue weighted by Crippen LogP contribution is -2.61. The Bertz CT molecular complexity index is 886. The van der Waals surface area contributed by atoms with E-state index in [-0.39, 0.29) is 28.5 Å². The van der Waals surface area contributed by atoms with Crippen LogP contribution in [0.1, 0.15) is 74.1 Å². The van der Waals surface area contributed by atoms with E-state index in [2.05, 4.69) is 92.6 Å². The van der Waals surface area contributed by atoms with Gasteiger partial charge in [-0.1, -0.05) is 72.0 Å². The fourth-order valence-corrected chi connectivity index (χ4v) is 8.25. The largest absolute Gasteiger partial charge is 0.481 e. The minimum atomic E-state index is -2.04. The molecule has 2 saturated carbocycles. The van der Waals surface area contributed by atoms with Crippen molar-refractivity contribution in [3.8, 4) is 11.8 Å². The lowest BCUT2D eigenvalue weighted by atomic mass is 9.49. The summed E-state index contributed by atoms with van der Waals surface area (Å²) in [4.78, 5) is 11.0. The molecule has 4 nitrogen and oxygen atoms in total. The third-order valence-electron chi connectivity index (χ3n) is 9.63. The van der Waals surface area contributed by atoms with E-state index in [1.807, 2.05) is 0 Å². The van der Waals surface area contributed by atoms with E-state index in [1.54, 1.807) is 0 Å². The standard InChI is InChI=1S/C28H48O4Si2/c1-19-20(13-12-14-23(29)30)21-15-16-22(31-33(8,9)26(2,3)4)25(24(19)21)28(17-18-28)32-34(10,11)27(5,6)7/h13,19,21-22,24-25H,12,14-16H2,1-11H3,(H,29,30)/b20-13-/t19?,21-,22-,24+,25-/m1/s1. The van der Waals surface area contributed by atoms with Gasteiger partial charge in [0.1, 0.15) is 0 Å². The minimum Gasteiger partial charge on any atom is -0.481 e. The Morgan fingerprint density at radius 2 is 1.62 bits per heavy atom. The number of carboxylic acid groups (broad SMARTS) is 1. The second-order valence-corrected chi connectivity index (χ2v) is 23.5. The molecule has 0 aromatic rings. The molecule has 34 heavy (non-hydrogen) atoms. The van der Waals surface area contributed by atoms with Crippen molar-refractivity contribution < 1.29 is 18.8 Å². The summed E-state index contributed by atoms with van der Waals surface area (Å²) in [7, 11) is -4.00. The molecule has 192 valence electrons. The maximum atomic E-state index is 11.0. The zero-order valence-electron chi connectivity index (χ0n) is 23.5. The smallest absolute Gasteiger partial charge is 0.303 e. The fourth-order valence-electron chi connectivity index (χ4n) is 5.53. The highest BCUT2D eigenvalue weighted by atomic mass is 28.4. The summed E-state index contributed by atoms with van der Waals surface area (Å²) in [5.41, 5.74) is 0.922. The number of hydrogen-bond donors (Lipinski definition) is 1. The summed E-state index contributed by atoms with van der Waals surface area (Å²) in [5, 5.41) is 9.35. The third kappa shape index (κ3) is 5.14. The molecule has 3 rings (SSSR count). The predicted molar refractivity (Wildman–Crippen MR) is 145 cm³/mol. The predicted octanol–water partition coefficient (Wildman–Crippen LogP) is 7.24. The normalized spacial score (nSPS) is 31.9. The molecule has 0 amide bonds. The van der Waals surface area contributed by atoms with Gasteiger partial charge in [-0.05, 0) is 73.3 Å². The van der Waals surface area contributed by atoms with Crippen molar-refractivity contribution in [2.24, 2.45) is 23.7 Å². The van der Waals surface area contributed by atoms with Gasteiger partial charge in [-0.2, -0.15) is 0 Å². The zero-order valence-corrected chi connectivity index (χ0v) is 25.5. The van der Waals surface area contributed by atoms with Crippen molar-refractivity contribution in [1.82, 2.24) is 0 Å². The Balaban J connectivity index is 1.92. The Hall–Kier alpha value is -0.876. The van der Waals surface area contributed by atoms with Gasteiger partial charge in [-0.25, -0.2) is 0 Å². The monoisotopic (exact) mass is 504 g/mol. The summed E-state index contributed by atoms with van der Waals surface area (Å²) in [6, 6.07) is 0. The summed E-state index contributed by atoms with van der Waals surface area (Å²) in [6.07, 6.45) is 5.32.